The van der Waals surface area contributed by atoms with E-state index in [1.807, 2.05) is 37.3 Å². The third kappa shape index (κ3) is 8.93. The lowest BCUT2D eigenvalue weighted by Gasteiger charge is -2.13. The average Bonchev–Trinajstić information content (AvgIpc) is 3.05. The van der Waals surface area contributed by atoms with Crippen molar-refractivity contribution in [3.05, 3.63) is 35.2 Å². The van der Waals surface area contributed by atoms with Crippen molar-refractivity contribution in [1.82, 2.24) is 10.6 Å². The van der Waals surface area contributed by atoms with Gasteiger partial charge >= 0.3 is 6.18 Å². The summed E-state index contributed by atoms with van der Waals surface area (Å²) in [5.41, 5.74) is 0. The van der Waals surface area contributed by atoms with Crippen LogP contribution in [0.15, 0.2) is 35.3 Å². The van der Waals surface area contributed by atoms with Crippen molar-refractivity contribution in [1.29, 1.82) is 0 Å². The Morgan fingerprint density at radius 1 is 1.29 bits per heavy atom. The van der Waals surface area contributed by atoms with E-state index in [2.05, 4.69) is 20.4 Å². The predicted octanol–water partition coefficient (Wildman–Crippen LogP) is 4.08. The van der Waals surface area contributed by atoms with E-state index < -0.39 is 18.9 Å². The highest BCUT2D eigenvalue weighted by atomic mass is 127. The summed E-state index contributed by atoms with van der Waals surface area (Å²) in [6, 6.07) is 9.87. The highest BCUT2D eigenvalue weighted by molar-refractivity contribution is 14.0. The van der Waals surface area contributed by atoms with Gasteiger partial charge in [0.25, 0.3) is 0 Å². The molecule has 0 aliphatic rings. The van der Waals surface area contributed by atoms with Gasteiger partial charge in [-0.15, -0.1) is 35.3 Å². The molecule has 0 aliphatic carbocycles. The second-order valence-corrected chi connectivity index (χ2v) is 6.99. The van der Waals surface area contributed by atoms with Gasteiger partial charge < -0.3 is 20.5 Å². The van der Waals surface area contributed by atoms with Gasteiger partial charge in [0.15, 0.2) is 5.96 Å². The molecule has 0 amide bonds. The molecule has 1 aromatic heterocycles. The molecule has 0 spiro atoms. The molecule has 28 heavy (non-hydrogen) atoms. The van der Waals surface area contributed by atoms with Crippen molar-refractivity contribution < 1.29 is 23.0 Å². The highest BCUT2D eigenvalue weighted by Gasteiger charge is 2.27. The van der Waals surface area contributed by atoms with E-state index in [0.29, 0.717) is 25.5 Å². The molecule has 10 heteroatoms. The molecule has 0 saturated carbocycles. The van der Waals surface area contributed by atoms with Crippen LogP contribution in [0.5, 0.6) is 0 Å². The molecular formula is C18H25F3IN3O2S. The Bertz CT molecular complexity index is 707. The number of nitrogens with one attached hydrogen (secondary N) is 2. The van der Waals surface area contributed by atoms with Crippen LogP contribution in [-0.4, -0.2) is 50.1 Å². The molecule has 0 aliphatic heterocycles. The standard InChI is InChI=1S/C18H24F3N3O2S.HI/c1-2-22-17(23-8-5-9-26-12-18(19,20)21)24-11-14(25)16-10-13-6-3-4-7-15(13)27-16;/h3-4,6-7,10,14,25H,2,5,8-9,11-12H2,1H3,(H2,22,23,24);1H. The van der Waals surface area contributed by atoms with Crippen LogP contribution in [-0.2, 0) is 4.74 Å². The van der Waals surface area contributed by atoms with Gasteiger partial charge in [-0.3, -0.25) is 4.99 Å². The van der Waals surface area contributed by atoms with Crippen molar-refractivity contribution >= 4 is 51.4 Å². The van der Waals surface area contributed by atoms with Crippen LogP contribution in [0.25, 0.3) is 10.1 Å². The Labute approximate surface area is 183 Å². The van der Waals surface area contributed by atoms with E-state index in [-0.39, 0.29) is 37.1 Å². The lowest BCUT2D eigenvalue weighted by molar-refractivity contribution is -0.173. The number of hydrogen-bond donors (Lipinski definition) is 3. The minimum absolute atomic E-state index is 0. The summed E-state index contributed by atoms with van der Waals surface area (Å²) in [5, 5.41) is 17.5. The molecule has 0 saturated heterocycles. The molecule has 1 aromatic carbocycles. The highest BCUT2D eigenvalue weighted by Crippen LogP contribution is 2.29. The number of benzene rings is 1. The number of aliphatic hydroxyl groups is 1. The number of alkyl halides is 3. The number of guanidine groups is 1. The third-order valence-electron chi connectivity index (χ3n) is 3.56. The molecule has 0 bridgehead atoms. The zero-order chi connectivity index (χ0) is 19.7. The van der Waals surface area contributed by atoms with E-state index in [0.717, 1.165) is 15.0 Å². The number of aliphatic hydroxyl groups excluding tert-OH is 1. The van der Waals surface area contributed by atoms with E-state index >= 15 is 0 Å². The van der Waals surface area contributed by atoms with Crippen LogP contribution < -0.4 is 10.6 Å². The summed E-state index contributed by atoms with van der Waals surface area (Å²) in [7, 11) is 0. The van der Waals surface area contributed by atoms with Crippen LogP contribution in [0, 0.1) is 0 Å². The van der Waals surface area contributed by atoms with E-state index in [1.165, 1.54) is 11.3 Å². The number of ether oxygens (including phenoxy) is 1. The van der Waals surface area contributed by atoms with Gasteiger partial charge in [-0.25, -0.2) is 0 Å². The van der Waals surface area contributed by atoms with Crippen molar-refractivity contribution in [2.24, 2.45) is 4.99 Å². The minimum Gasteiger partial charge on any atom is -0.386 e. The van der Waals surface area contributed by atoms with Gasteiger partial charge in [0.1, 0.15) is 12.7 Å². The van der Waals surface area contributed by atoms with Gasteiger partial charge in [0.05, 0.1) is 6.54 Å². The first-order chi connectivity index (χ1) is 12.9. The number of thiophene rings is 1. The maximum atomic E-state index is 12.0. The minimum atomic E-state index is -4.30. The number of aliphatic imine (C=N–C) groups is 1. The molecule has 1 unspecified atom stereocenters. The van der Waals surface area contributed by atoms with Crippen molar-refractivity contribution in [3.63, 3.8) is 0 Å². The molecule has 0 fully saturated rings. The monoisotopic (exact) mass is 531 g/mol. The largest absolute Gasteiger partial charge is 0.411 e. The second kappa shape index (κ2) is 12.5. The summed E-state index contributed by atoms with van der Waals surface area (Å²) in [6.45, 7) is 1.93. The molecule has 1 atom stereocenters. The number of halogens is 4. The molecule has 3 N–H and O–H groups in total. The first-order valence-electron chi connectivity index (χ1n) is 8.72. The zero-order valence-corrected chi connectivity index (χ0v) is 18.6. The zero-order valence-electron chi connectivity index (χ0n) is 15.5. The fourth-order valence-corrected chi connectivity index (χ4v) is 3.39. The fourth-order valence-electron chi connectivity index (χ4n) is 2.35. The lowest BCUT2D eigenvalue weighted by Crippen LogP contribution is -2.38. The Kier molecular flexibility index (Phi) is 11.1. The van der Waals surface area contributed by atoms with Gasteiger partial charge in [0.2, 0.25) is 0 Å². The van der Waals surface area contributed by atoms with Crippen LogP contribution in [0.1, 0.15) is 24.3 Å². The predicted molar refractivity (Wildman–Crippen MR) is 118 cm³/mol. The first kappa shape index (κ1) is 24.9. The molecule has 0 radical (unpaired) electrons. The maximum absolute atomic E-state index is 12.0. The average molecular weight is 531 g/mol. The Morgan fingerprint density at radius 2 is 2.04 bits per heavy atom. The Morgan fingerprint density at radius 3 is 2.71 bits per heavy atom. The summed E-state index contributed by atoms with van der Waals surface area (Å²) >= 11 is 1.53. The van der Waals surface area contributed by atoms with Gasteiger partial charge in [-0.1, -0.05) is 18.2 Å². The molecule has 2 rings (SSSR count). The van der Waals surface area contributed by atoms with Gasteiger partial charge in [-0.2, -0.15) is 13.2 Å². The quantitative estimate of drug-likeness (QED) is 0.198. The first-order valence-corrected chi connectivity index (χ1v) is 9.54. The topological polar surface area (TPSA) is 65.9 Å². The molecule has 1 heterocycles. The number of hydrogen-bond acceptors (Lipinski definition) is 4. The third-order valence-corrected chi connectivity index (χ3v) is 4.78. The molecule has 158 valence electrons. The van der Waals surface area contributed by atoms with Gasteiger partial charge in [0, 0.05) is 29.3 Å². The van der Waals surface area contributed by atoms with Crippen LogP contribution in [0.2, 0.25) is 0 Å². The van der Waals surface area contributed by atoms with Crippen LogP contribution in [0.4, 0.5) is 13.2 Å². The molecule has 5 nitrogen and oxygen atoms in total. The molecule has 2 aromatic rings. The van der Waals surface area contributed by atoms with Crippen LogP contribution in [0.3, 0.4) is 0 Å². The van der Waals surface area contributed by atoms with Crippen molar-refractivity contribution in [2.45, 2.75) is 25.6 Å². The van der Waals surface area contributed by atoms with Crippen molar-refractivity contribution in [3.8, 4) is 0 Å². The summed E-state index contributed by atoms with van der Waals surface area (Å²) in [6.07, 6.45) is -4.60. The van der Waals surface area contributed by atoms with Crippen molar-refractivity contribution in [2.75, 3.05) is 32.8 Å². The van der Waals surface area contributed by atoms with Gasteiger partial charge in [-0.05, 0) is 30.9 Å². The summed E-state index contributed by atoms with van der Waals surface area (Å²) in [5.74, 6) is 0.508. The maximum Gasteiger partial charge on any atom is 0.411 e. The molecular weight excluding hydrogens is 506 g/mol. The van der Waals surface area contributed by atoms with E-state index in [1.54, 1.807) is 0 Å². The van der Waals surface area contributed by atoms with Crippen LogP contribution >= 0.6 is 35.3 Å². The Hall–Kier alpha value is -1.11. The SMILES string of the molecule is CCNC(=NCC(O)c1cc2ccccc2s1)NCCCOCC(F)(F)F.I. The fraction of sp³-hybridized carbons (Fsp3) is 0.500. The number of nitrogens with zero attached hydrogens (tertiary/aromatic N) is 1. The smallest absolute Gasteiger partial charge is 0.386 e. The normalized spacial score (nSPS) is 13.2. The van der Waals surface area contributed by atoms with E-state index in [9.17, 15) is 18.3 Å². The number of rotatable bonds is 9. The number of fused-ring (bicyclic) bond motifs is 1. The van der Waals surface area contributed by atoms with E-state index in [4.69, 9.17) is 0 Å². The second-order valence-electron chi connectivity index (χ2n) is 5.87. The summed E-state index contributed by atoms with van der Waals surface area (Å²) in [4.78, 5) is 5.19. The lowest BCUT2D eigenvalue weighted by atomic mass is 10.2. The Balaban J connectivity index is 0.00000392. The summed E-state index contributed by atoms with van der Waals surface area (Å²) < 4.78 is 41.6.